The van der Waals surface area contributed by atoms with E-state index < -0.39 is 0 Å². The Morgan fingerprint density at radius 3 is 3.00 bits per heavy atom. The molecule has 1 aliphatic rings. The molecule has 0 radical (unpaired) electrons. The first-order chi connectivity index (χ1) is 6.74. The summed E-state index contributed by atoms with van der Waals surface area (Å²) < 4.78 is 4.98. The van der Waals surface area contributed by atoms with E-state index in [1.165, 1.54) is 6.42 Å². The number of nitrogens with zero attached hydrogens (tertiary/aromatic N) is 1. The minimum Gasteiger partial charge on any atom is -0.448 e. The Balaban J connectivity index is 2.31. The van der Waals surface area contributed by atoms with Crippen LogP contribution in [0.5, 0.6) is 0 Å². The molecule has 1 saturated heterocycles. The second kappa shape index (κ2) is 6.12. The average molecular weight is 220 g/mol. The molecule has 0 aromatic heterocycles. The van der Waals surface area contributed by atoms with Crippen molar-refractivity contribution >= 4 is 17.7 Å². The van der Waals surface area contributed by atoms with Crippen molar-refractivity contribution < 1.29 is 9.53 Å². The number of amides is 1. The fourth-order valence-electron chi connectivity index (χ4n) is 1.66. The van der Waals surface area contributed by atoms with Gasteiger partial charge in [-0.3, -0.25) is 0 Å². The molecule has 3 nitrogen and oxygen atoms in total. The molecule has 14 heavy (non-hydrogen) atoms. The molecule has 1 unspecified atom stereocenters. The van der Waals surface area contributed by atoms with Gasteiger partial charge in [0.05, 0.1) is 5.88 Å². The van der Waals surface area contributed by atoms with Crippen molar-refractivity contribution in [2.75, 3.05) is 25.6 Å². The van der Waals surface area contributed by atoms with Crippen LogP contribution < -0.4 is 0 Å². The molecule has 4 heteroatoms. The first-order valence-electron chi connectivity index (χ1n) is 5.21. The van der Waals surface area contributed by atoms with Gasteiger partial charge in [0, 0.05) is 13.1 Å². The minimum absolute atomic E-state index is 0.209. The normalized spacial score (nSPS) is 23.0. The molecule has 0 spiro atoms. The third kappa shape index (κ3) is 3.74. The van der Waals surface area contributed by atoms with Crippen molar-refractivity contribution in [1.29, 1.82) is 0 Å². The highest BCUT2D eigenvalue weighted by Gasteiger charge is 2.18. The Labute approximate surface area is 90.4 Å². The quantitative estimate of drug-likeness (QED) is 0.668. The maximum Gasteiger partial charge on any atom is 0.409 e. The molecule has 1 fully saturated rings. The molecule has 0 aliphatic carbocycles. The highest BCUT2D eigenvalue weighted by atomic mass is 35.5. The summed E-state index contributed by atoms with van der Waals surface area (Å²) in [6.07, 6.45) is 3.16. The molecular formula is C10H18ClNO2. The van der Waals surface area contributed by atoms with Gasteiger partial charge in [0.1, 0.15) is 6.61 Å². The van der Waals surface area contributed by atoms with Crippen LogP contribution in [0.3, 0.4) is 0 Å². The Bertz CT molecular complexity index is 187. The van der Waals surface area contributed by atoms with Gasteiger partial charge in [-0.2, -0.15) is 0 Å². The van der Waals surface area contributed by atoms with Gasteiger partial charge in [-0.1, -0.05) is 6.92 Å². The number of hydrogen-bond acceptors (Lipinski definition) is 2. The third-order valence-electron chi connectivity index (χ3n) is 2.58. The number of likely N-dealkylation sites (tertiary alicyclic amines) is 1. The summed E-state index contributed by atoms with van der Waals surface area (Å²) in [7, 11) is 0. The standard InChI is InChI=1S/C10H18ClNO2/c1-9-3-2-6-12(7-4-9)10(13)14-8-5-11/h9H,2-8H2,1H3. The van der Waals surface area contributed by atoms with Crippen LogP contribution in [-0.4, -0.2) is 36.6 Å². The summed E-state index contributed by atoms with van der Waals surface area (Å²) in [4.78, 5) is 13.2. The van der Waals surface area contributed by atoms with Gasteiger partial charge in [0.2, 0.25) is 0 Å². The van der Waals surface area contributed by atoms with E-state index in [2.05, 4.69) is 6.92 Å². The summed E-state index contributed by atoms with van der Waals surface area (Å²) in [5.41, 5.74) is 0. The van der Waals surface area contributed by atoms with E-state index in [-0.39, 0.29) is 6.09 Å². The lowest BCUT2D eigenvalue weighted by molar-refractivity contribution is 0.109. The monoisotopic (exact) mass is 219 g/mol. The third-order valence-corrected chi connectivity index (χ3v) is 2.73. The van der Waals surface area contributed by atoms with Crippen molar-refractivity contribution in [3.63, 3.8) is 0 Å². The molecule has 0 aromatic rings. The molecule has 1 atom stereocenters. The smallest absolute Gasteiger partial charge is 0.409 e. The van der Waals surface area contributed by atoms with Gasteiger partial charge in [-0.25, -0.2) is 4.79 Å². The van der Waals surface area contributed by atoms with Crippen molar-refractivity contribution in [1.82, 2.24) is 4.90 Å². The lowest BCUT2D eigenvalue weighted by Gasteiger charge is -2.19. The highest BCUT2D eigenvalue weighted by Crippen LogP contribution is 2.16. The van der Waals surface area contributed by atoms with Crippen LogP contribution >= 0.6 is 11.6 Å². The first kappa shape index (κ1) is 11.6. The molecule has 82 valence electrons. The van der Waals surface area contributed by atoms with Crippen LogP contribution in [0.25, 0.3) is 0 Å². The van der Waals surface area contributed by atoms with Crippen LogP contribution in [0.4, 0.5) is 4.79 Å². The molecule has 0 aromatic carbocycles. The van der Waals surface area contributed by atoms with Crippen molar-refractivity contribution in [2.24, 2.45) is 5.92 Å². The van der Waals surface area contributed by atoms with E-state index in [0.29, 0.717) is 12.5 Å². The summed E-state index contributed by atoms with van der Waals surface area (Å²) >= 11 is 5.44. The summed E-state index contributed by atoms with van der Waals surface area (Å²) in [6, 6.07) is 0. The fourth-order valence-corrected chi connectivity index (χ4v) is 1.74. The van der Waals surface area contributed by atoms with Gasteiger partial charge >= 0.3 is 6.09 Å². The molecular weight excluding hydrogens is 202 g/mol. The molecule has 0 saturated carbocycles. The lowest BCUT2D eigenvalue weighted by Crippen LogP contribution is -2.32. The van der Waals surface area contributed by atoms with Gasteiger partial charge in [0.25, 0.3) is 0 Å². The number of rotatable bonds is 2. The summed E-state index contributed by atoms with van der Waals surface area (Å²) in [5, 5.41) is 0. The van der Waals surface area contributed by atoms with Gasteiger partial charge in [-0.15, -0.1) is 11.6 Å². The summed E-state index contributed by atoms with van der Waals surface area (Å²) in [5.74, 6) is 1.09. The number of ether oxygens (including phenoxy) is 1. The molecule has 1 heterocycles. The van der Waals surface area contributed by atoms with E-state index >= 15 is 0 Å². The second-order valence-corrected chi connectivity index (χ2v) is 4.20. The number of carbonyl (C=O) groups excluding carboxylic acids is 1. The van der Waals surface area contributed by atoms with Crippen molar-refractivity contribution in [2.45, 2.75) is 26.2 Å². The number of alkyl halides is 1. The number of halogens is 1. The van der Waals surface area contributed by atoms with E-state index in [4.69, 9.17) is 16.3 Å². The topological polar surface area (TPSA) is 29.5 Å². The minimum atomic E-state index is -0.209. The van der Waals surface area contributed by atoms with Gasteiger partial charge < -0.3 is 9.64 Å². The van der Waals surface area contributed by atoms with Crippen molar-refractivity contribution in [3.8, 4) is 0 Å². The molecule has 1 rings (SSSR count). The zero-order chi connectivity index (χ0) is 10.4. The maximum atomic E-state index is 11.5. The van der Waals surface area contributed by atoms with Gasteiger partial charge in [-0.05, 0) is 25.2 Å². The molecule has 0 N–H and O–H groups in total. The Morgan fingerprint density at radius 2 is 2.29 bits per heavy atom. The fraction of sp³-hybridized carbons (Fsp3) is 0.900. The summed E-state index contributed by atoms with van der Waals surface area (Å²) in [6.45, 7) is 4.19. The van der Waals surface area contributed by atoms with E-state index in [1.807, 2.05) is 0 Å². The van der Waals surface area contributed by atoms with E-state index in [9.17, 15) is 4.79 Å². The first-order valence-corrected chi connectivity index (χ1v) is 5.75. The van der Waals surface area contributed by atoms with Gasteiger partial charge in [0.15, 0.2) is 0 Å². The number of carbonyl (C=O) groups is 1. The van der Waals surface area contributed by atoms with Crippen molar-refractivity contribution in [3.05, 3.63) is 0 Å². The maximum absolute atomic E-state index is 11.5. The predicted molar refractivity (Wildman–Crippen MR) is 56.7 cm³/mol. The zero-order valence-electron chi connectivity index (χ0n) is 8.67. The van der Waals surface area contributed by atoms with E-state index in [0.717, 1.165) is 31.8 Å². The van der Waals surface area contributed by atoms with Crippen LogP contribution in [-0.2, 0) is 4.74 Å². The Hall–Kier alpha value is -0.440. The van der Waals surface area contributed by atoms with Crippen LogP contribution in [0.15, 0.2) is 0 Å². The lowest BCUT2D eigenvalue weighted by atomic mass is 10.0. The van der Waals surface area contributed by atoms with Crippen LogP contribution in [0.2, 0.25) is 0 Å². The zero-order valence-corrected chi connectivity index (χ0v) is 9.42. The number of hydrogen-bond donors (Lipinski definition) is 0. The SMILES string of the molecule is CC1CCCN(C(=O)OCCCl)CC1. The molecule has 1 aliphatic heterocycles. The van der Waals surface area contributed by atoms with Crippen LogP contribution in [0, 0.1) is 5.92 Å². The second-order valence-electron chi connectivity index (χ2n) is 3.83. The Morgan fingerprint density at radius 1 is 1.50 bits per heavy atom. The molecule has 1 amide bonds. The molecule has 0 bridgehead atoms. The predicted octanol–water partition coefficient (Wildman–Crippen LogP) is 2.48. The van der Waals surface area contributed by atoms with Crippen LogP contribution in [0.1, 0.15) is 26.2 Å². The largest absolute Gasteiger partial charge is 0.448 e. The van der Waals surface area contributed by atoms with E-state index in [1.54, 1.807) is 4.90 Å². The Kier molecular flexibility index (Phi) is 5.09. The highest BCUT2D eigenvalue weighted by molar-refractivity contribution is 6.18. The average Bonchev–Trinajstić information content (AvgIpc) is 2.39.